The zero-order chi connectivity index (χ0) is 12.4. The molecule has 0 aromatic rings. The maximum absolute atomic E-state index is 11.5. The Hall–Kier alpha value is -0.680. The lowest BCUT2D eigenvalue weighted by Gasteiger charge is -2.45. The highest BCUT2D eigenvalue weighted by Crippen LogP contribution is 2.27. The van der Waals surface area contributed by atoms with Crippen molar-refractivity contribution in [3.05, 3.63) is 0 Å². The predicted octanol–water partition coefficient (Wildman–Crippen LogP) is 0.727. The number of carbonyl (C=O) groups is 1. The van der Waals surface area contributed by atoms with Crippen molar-refractivity contribution in [2.75, 3.05) is 19.6 Å². The molecule has 5 heteroatoms. The van der Waals surface area contributed by atoms with Crippen LogP contribution in [0.2, 0.25) is 0 Å². The quantitative estimate of drug-likeness (QED) is 0.714. The van der Waals surface area contributed by atoms with E-state index < -0.39 is 0 Å². The van der Waals surface area contributed by atoms with Gasteiger partial charge in [0.1, 0.15) is 0 Å². The number of rotatable bonds is 2. The van der Waals surface area contributed by atoms with Gasteiger partial charge in [0.25, 0.3) is 0 Å². The number of carbonyl (C=O) groups excluding carboxylic acids is 1. The van der Waals surface area contributed by atoms with Crippen LogP contribution in [0.1, 0.15) is 26.7 Å². The largest absolute Gasteiger partial charge is 0.358 e. The van der Waals surface area contributed by atoms with E-state index in [0.717, 1.165) is 6.54 Å². The maximum Gasteiger partial charge on any atom is 0.228 e. The van der Waals surface area contributed by atoms with Crippen LogP contribution in [0.3, 0.4) is 0 Å². The minimum atomic E-state index is -0.0266. The van der Waals surface area contributed by atoms with Crippen molar-refractivity contribution in [1.29, 1.82) is 0 Å². The molecule has 0 aromatic carbocycles. The first-order valence-corrected chi connectivity index (χ1v) is 6.81. The first-order chi connectivity index (χ1) is 8.06. The van der Waals surface area contributed by atoms with Crippen molar-refractivity contribution < 1.29 is 4.79 Å². The van der Waals surface area contributed by atoms with E-state index >= 15 is 0 Å². The number of piperidine rings is 3. The fourth-order valence-corrected chi connectivity index (χ4v) is 2.84. The average Bonchev–Trinajstić information content (AvgIpc) is 2.30. The number of thiocarbonyl (C=S) groups is 1. The number of hydrogen-bond acceptors (Lipinski definition) is 3. The molecule has 17 heavy (non-hydrogen) atoms. The van der Waals surface area contributed by atoms with E-state index in [1.54, 1.807) is 0 Å². The van der Waals surface area contributed by atoms with E-state index in [4.69, 9.17) is 12.2 Å². The van der Waals surface area contributed by atoms with Gasteiger partial charge in [0.05, 0.1) is 0 Å². The molecule has 96 valence electrons. The van der Waals surface area contributed by atoms with E-state index in [1.165, 1.54) is 25.9 Å². The smallest absolute Gasteiger partial charge is 0.228 e. The second kappa shape index (κ2) is 5.31. The molecule has 3 aliphatic rings. The first-order valence-electron chi connectivity index (χ1n) is 6.40. The second-order valence-corrected chi connectivity index (χ2v) is 5.77. The molecule has 1 amide bonds. The lowest BCUT2D eigenvalue weighted by molar-refractivity contribution is -0.122. The highest BCUT2D eigenvalue weighted by Gasteiger charge is 2.34. The molecule has 3 saturated heterocycles. The average molecular weight is 255 g/mol. The van der Waals surface area contributed by atoms with Crippen LogP contribution in [-0.4, -0.2) is 41.6 Å². The molecule has 3 rings (SSSR count). The summed E-state index contributed by atoms with van der Waals surface area (Å²) in [5, 5.41) is 6.53. The van der Waals surface area contributed by atoms with Gasteiger partial charge in [0.15, 0.2) is 5.11 Å². The van der Waals surface area contributed by atoms with Crippen LogP contribution in [-0.2, 0) is 4.79 Å². The standard InChI is InChI=1S/C12H21N3OS/c1-8(2)11(16)14-12(17)13-10-7-15-5-3-9(10)4-6-15/h8-10H,3-7H2,1-2H3,(H2,13,14,16,17). The van der Waals surface area contributed by atoms with Crippen LogP contribution < -0.4 is 10.6 Å². The Labute approximate surface area is 108 Å². The Morgan fingerprint density at radius 2 is 2.00 bits per heavy atom. The lowest BCUT2D eigenvalue weighted by Crippen LogP contribution is -2.59. The molecule has 0 spiro atoms. The molecular weight excluding hydrogens is 234 g/mol. The second-order valence-electron chi connectivity index (χ2n) is 5.36. The van der Waals surface area contributed by atoms with Gasteiger partial charge in [0.2, 0.25) is 5.91 Å². The highest BCUT2D eigenvalue weighted by molar-refractivity contribution is 7.80. The van der Waals surface area contributed by atoms with Crippen molar-refractivity contribution in [1.82, 2.24) is 15.5 Å². The molecule has 1 atom stereocenters. The Morgan fingerprint density at radius 1 is 1.35 bits per heavy atom. The molecule has 4 nitrogen and oxygen atoms in total. The van der Waals surface area contributed by atoms with Gasteiger partial charge in [-0.25, -0.2) is 0 Å². The van der Waals surface area contributed by atoms with Gasteiger partial charge in [-0.1, -0.05) is 13.8 Å². The van der Waals surface area contributed by atoms with Gasteiger partial charge < -0.3 is 15.5 Å². The number of fused-ring (bicyclic) bond motifs is 3. The summed E-state index contributed by atoms with van der Waals surface area (Å²) < 4.78 is 0. The third-order valence-electron chi connectivity index (χ3n) is 3.73. The van der Waals surface area contributed by atoms with Gasteiger partial charge in [-0.3, -0.25) is 4.79 Å². The van der Waals surface area contributed by atoms with Gasteiger partial charge in [-0.15, -0.1) is 0 Å². The van der Waals surface area contributed by atoms with Crippen molar-refractivity contribution >= 4 is 23.2 Å². The summed E-state index contributed by atoms with van der Waals surface area (Å²) in [6.45, 7) is 7.22. The van der Waals surface area contributed by atoms with Crippen LogP contribution in [0.25, 0.3) is 0 Å². The fourth-order valence-electron chi connectivity index (χ4n) is 2.59. The molecule has 0 aromatic heterocycles. The van der Waals surface area contributed by atoms with Crippen molar-refractivity contribution in [3.8, 4) is 0 Å². The Morgan fingerprint density at radius 3 is 2.47 bits per heavy atom. The summed E-state index contributed by atoms with van der Waals surface area (Å²) in [7, 11) is 0. The van der Waals surface area contributed by atoms with Crippen molar-refractivity contribution in [2.24, 2.45) is 11.8 Å². The molecule has 2 N–H and O–H groups in total. The van der Waals surface area contributed by atoms with E-state index in [1.807, 2.05) is 13.8 Å². The summed E-state index contributed by atoms with van der Waals surface area (Å²) >= 11 is 5.18. The summed E-state index contributed by atoms with van der Waals surface area (Å²) in [4.78, 5) is 14.0. The fraction of sp³-hybridized carbons (Fsp3) is 0.833. The normalized spacial score (nSPS) is 31.4. The van der Waals surface area contributed by atoms with Gasteiger partial charge in [0, 0.05) is 18.5 Å². The third kappa shape index (κ3) is 3.16. The maximum atomic E-state index is 11.5. The molecule has 3 aliphatic heterocycles. The summed E-state index contributed by atoms with van der Waals surface area (Å²) in [6.07, 6.45) is 2.50. The van der Waals surface area contributed by atoms with Crippen molar-refractivity contribution in [2.45, 2.75) is 32.7 Å². The summed E-state index contributed by atoms with van der Waals surface area (Å²) in [5.41, 5.74) is 0. The number of nitrogens with one attached hydrogen (secondary N) is 2. The monoisotopic (exact) mass is 255 g/mol. The van der Waals surface area contributed by atoms with E-state index in [2.05, 4.69) is 15.5 Å². The van der Waals surface area contributed by atoms with Crippen molar-refractivity contribution in [3.63, 3.8) is 0 Å². The van der Waals surface area contributed by atoms with E-state index in [9.17, 15) is 4.79 Å². The van der Waals surface area contributed by atoms with E-state index in [0.29, 0.717) is 17.1 Å². The van der Waals surface area contributed by atoms with Crippen LogP contribution in [0.15, 0.2) is 0 Å². The molecule has 3 heterocycles. The third-order valence-corrected chi connectivity index (χ3v) is 3.95. The number of hydrogen-bond donors (Lipinski definition) is 2. The molecular formula is C12H21N3OS. The zero-order valence-corrected chi connectivity index (χ0v) is 11.3. The summed E-state index contributed by atoms with van der Waals surface area (Å²) in [5.74, 6) is 0.680. The predicted molar refractivity (Wildman–Crippen MR) is 71.7 cm³/mol. The van der Waals surface area contributed by atoms with Gasteiger partial charge >= 0.3 is 0 Å². The molecule has 2 bridgehead atoms. The highest BCUT2D eigenvalue weighted by atomic mass is 32.1. The van der Waals surface area contributed by atoms with Crippen LogP contribution in [0.4, 0.5) is 0 Å². The molecule has 1 unspecified atom stereocenters. The first kappa shape index (κ1) is 12.8. The van der Waals surface area contributed by atoms with Crippen LogP contribution in [0, 0.1) is 11.8 Å². The SMILES string of the molecule is CC(C)C(=O)NC(=S)NC1CN2CCC1CC2. The topological polar surface area (TPSA) is 44.4 Å². The molecule has 3 fully saturated rings. The molecule has 0 saturated carbocycles. The number of nitrogens with zero attached hydrogens (tertiary/aromatic N) is 1. The van der Waals surface area contributed by atoms with Gasteiger partial charge in [-0.2, -0.15) is 0 Å². The zero-order valence-electron chi connectivity index (χ0n) is 10.5. The number of amides is 1. The van der Waals surface area contributed by atoms with E-state index in [-0.39, 0.29) is 11.8 Å². The molecule has 0 radical (unpaired) electrons. The minimum Gasteiger partial charge on any atom is -0.358 e. The van der Waals surface area contributed by atoms with Gasteiger partial charge in [-0.05, 0) is 44.1 Å². The Bertz CT molecular complexity index is 311. The van der Waals surface area contributed by atoms with Crippen LogP contribution in [0.5, 0.6) is 0 Å². The Balaban J connectivity index is 1.81. The minimum absolute atomic E-state index is 0.0104. The van der Waals surface area contributed by atoms with Crippen LogP contribution >= 0.6 is 12.2 Å². The lowest BCUT2D eigenvalue weighted by atomic mass is 9.84. The Kier molecular flexibility index (Phi) is 3.99. The molecule has 0 aliphatic carbocycles. The summed E-state index contributed by atoms with van der Waals surface area (Å²) in [6, 6.07) is 0.414.